The molecule has 0 aromatic carbocycles. The van der Waals surface area contributed by atoms with Crippen molar-refractivity contribution in [1.29, 1.82) is 0 Å². The van der Waals surface area contributed by atoms with Crippen LogP contribution >= 0.6 is 11.3 Å². The maximum absolute atomic E-state index is 12.8. The number of anilines is 1. The molecule has 9 heteroatoms. The van der Waals surface area contributed by atoms with Crippen molar-refractivity contribution in [3.63, 3.8) is 0 Å². The number of hydrazine groups is 1. The second kappa shape index (κ2) is 5.68. The molecule has 2 aromatic heterocycles. The molecule has 0 spiro atoms. The van der Waals surface area contributed by atoms with Crippen molar-refractivity contribution >= 4 is 32.1 Å². The van der Waals surface area contributed by atoms with Gasteiger partial charge in [-0.05, 0) is 13.3 Å². The van der Waals surface area contributed by atoms with E-state index in [9.17, 15) is 8.42 Å². The van der Waals surface area contributed by atoms with Crippen LogP contribution in [0.4, 0.5) is 5.82 Å². The van der Waals surface area contributed by atoms with E-state index in [1.807, 2.05) is 13.8 Å². The van der Waals surface area contributed by atoms with Gasteiger partial charge < -0.3 is 5.43 Å². The lowest BCUT2D eigenvalue weighted by Crippen LogP contribution is -2.36. The van der Waals surface area contributed by atoms with Crippen molar-refractivity contribution < 1.29 is 8.42 Å². The number of imidazole rings is 1. The number of fused-ring (bicyclic) bond motifs is 1. The van der Waals surface area contributed by atoms with E-state index in [-0.39, 0.29) is 16.9 Å². The first kappa shape index (κ1) is 15.2. The molecule has 0 saturated carbocycles. The average molecular weight is 317 g/mol. The van der Waals surface area contributed by atoms with Gasteiger partial charge in [-0.1, -0.05) is 13.3 Å². The van der Waals surface area contributed by atoms with Crippen LogP contribution in [0.1, 0.15) is 26.7 Å². The number of rotatable bonds is 6. The zero-order valence-corrected chi connectivity index (χ0v) is 13.3. The summed E-state index contributed by atoms with van der Waals surface area (Å²) in [6, 6.07) is -0.0835. The Morgan fingerprint density at radius 1 is 1.60 bits per heavy atom. The predicted octanol–water partition coefficient (Wildman–Crippen LogP) is 1.49. The van der Waals surface area contributed by atoms with E-state index in [1.54, 1.807) is 23.0 Å². The maximum atomic E-state index is 12.8. The molecule has 20 heavy (non-hydrogen) atoms. The molecule has 0 aliphatic carbocycles. The summed E-state index contributed by atoms with van der Waals surface area (Å²) in [4.78, 5) is 4.78. The van der Waals surface area contributed by atoms with Gasteiger partial charge in [0.25, 0.3) is 10.0 Å². The van der Waals surface area contributed by atoms with Crippen LogP contribution in [0.3, 0.4) is 0 Å². The van der Waals surface area contributed by atoms with Crippen molar-refractivity contribution in [3.05, 3.63) is 11.6 Å². The Morgan fingerprint density at radius 2 is 2.30 bits per heavy atom. The quantitative estimate of drug-likeness (QED) is 0.622. The van der Waals surface area contributed by atoms with Gasteiger partial charge in [-0.3, -0.25) is 4.40 Å². The SMILES string of the molecule is CCCC(C)N(C)S(=O)(=O)c1c(NN)nc2sccn12. The number of sulfonamides is 1. The highest BCUT2D eigenvalue weighted by molar-refractivity contribution is 7.89. The normalized spacial score (nSPS) is 14.1. The molecule has 2 heterocycles. The lowest BCUT2D eigenvalue weighted by Gasteiger charge is -2.23. The zero-order chi connectivity index (χ0) is 14.9. The summed E-state index contributed by atoms with van der Waals surface area (Å²) < 4.78 is 28.5. The molecule has 0 aliphatic rings. The Morgan fingerprint density at radius 3 is 2.90 bits per heavy atom. The van der Waals surface area contributed by atoms with Crippen LogP contribution < -0.4 is 11.3 Å². The fourth-order valence-corrected chi connectivity index (χ4v) is 4.45. The van der Waals surface area contributed by atoms with Gasteiger partial charge in [0.15, 0.2) is 10.8 Å². The van der Waals surface area contributed by atoms with Crippen LogP contribution in [-0.2, 0) is 10.0 Å². The number of nitrogens with two attached hydrogens (primary N) is 1. The number of hydrogen-bond acceptors (Lipinski definition) is 6. The van der Waals surface area contributed by atoms with Crippen LogP contribution in [0.5, 0.6) is 0 Å². The number of nitrogens with zero attached hydrogens (tertiary/aromatic N) is 3. The van der Waals surface area contributed by atoms with Gasteiger partial charge in [0.05, 0.1) is 0 Å². The number of aromatic nitrogens is 2. The minimum absolute atomic E-state index is 0.0835. The monoisotopic (exact) mass is 317 g/mol. The zero-order valence-electron chi connectivity index (χ0n) is 11.7. The first-order chi connectivity index (χ1) is 9.43. The van der Waals surface area contributed by atoms with Gasteiger partial charge in [-0.25, -0.2) is 14.3 Å². The Kier molecular flexibility index (Phi) is 4.33. The maximum Gasteiger partial charge on any atom is 0.262 e. The van der Waals surface area contributed by atoms with Crippen LogP contribution in [-0.4, -0.2) is 35.2 Å². The lowest BCUT2D eigenvalue weighted by molar-refractivity contribution is 0.367. The van der Waals surface area contributed by atoms with Gasteiger partial charge in [0, 0.05) is 24.7 Å². The van der Waals surface area contributed by atoms with Crippen LogP contribution in [0.25, 0.3) is 4.96 Å². The summed E-state index contributed by atoms with van der Waals surface area (Å²) in [5, 5.41) is 1.87. The van der Waals surface area contributed by atoms with Crippen molar-refractivity contribution in [3.8, 4) is 0 Å². The predicted molar refractivity (Wildman–Crippen MR) is 80.2 cm³/mol. The minimum Gasteiger partial charge on any atom is -0.306 e. The summed E-state index contributed by atoms with van der Waals surface area (Å²) in [6.07, 6.45) is 3.40. The molecule has 1 unspecified atom stereocenters. The Bertz CT molecular complexity index is 691. The lowest BCUT2D eigenvalue weighted by atomic mass is 10.2. The van der Waals surface area contributed by atoms with Crippen molar-refractivity contribution in [2.24, 2.45) is 5.84 Å². The highest BCUT2D eigenvalue weighted by Crippen LogP contribution is 2.28. The summed E-state index contributed by atoms with van der Waals surface area (Å²) in [5.41, 5.74) is 2.37. The van der Waals surface area contributed by atoms with Gasteiger partial charge >= 0.3 is 0 Å². The standard InChI is InChI=1S/C11H19N5O2S2/c1-4-5-8(2)15(3)20(17,18)10-9(14-12)13-11-16(10)6-7-19-11/h6-8,14H,4-5,12H2,1-3H3. The highest BCUT2D eigenvalue weighted by atomic mass is 32.2. The van der Waals surface area contributed by atoms with Gasteiger partial charge in [-0.15, -0.1) is 11.3 Å². The molecule has 0 bridgehead atoms. The van der Waals surface area contributed by atoms with Crippen molar-refractivity contribution in [1.82, 2.24) is 13.7 Å². The van der Waals surface area contributed by atoms with Gasteiger partial charge in [-0.2, -0.15) is 9.29 Å². The summed E-state index contributed by atoms with van der Waals surface area (Å²) in [5.74, 6) is 5.57. The first-order valence-electron chi connectivity index (χ1n) is 6.33. The Balaban J connectivity index is 2.53. The molecular formula is C11H19N5O2S2. The third-order valence-electron chi connectivity index (χ3n) is 3.31. The number of nitrogens with one attached hydrogen (secondary N) is 1. The third kappa shape index (κ3) is 2.41. The topological polar surface area (TPSA) is 92.7 Å². The van der Waals surface area contributed by atoms with E-state index < -0.39 is 10.0 Å². The second-order valence-corrected chi connectivity index (χ2v) is 7.41. The first-order valence-corrected chi connectivity index (χ1v) is 8.65. The van der Waals surface area contributed by atoms with Crippen LogP contribution in [0.2, 0.25) is 0 Å². The van der Waals surface area contributed by atoms with Gasteiger partial charge in [0.1, 0.15) is 0 Å². The molecule has 1 atom stereocenters. The fourth-order valence-electron chi connectivity index (χ4n) is 2.08. The van der Waals surface area contributed by atoms with Gasteiger partial charge in [0.2, 0.25) is 5.03 Å². The van der Waals surface area contributed by atoms with E-state index in [0.29, 0.717) is 4.96 Å². The molecule has 112 valence electrons. The Labute approximate surface area is 122 Å². The number of thiazole rings is 1. The molecule has 2 aromatic rings. The smallest absolute Gasteiger partial charge is 0.262 e. The highest BCUT2D eigenvalue weighted by Gasteiger charge is 2.32. The van der Waals surface area contributed by atoms with E-state index in [2.05, 4.69) is 10.4 Å². The third-order valence-corrected chi connectivity index (χ3v) is 6.06. The van der Waals surface area contributed by atoms with Crippen molar-refractivity contribution in [2.75, 3.05) is 12.5 Å². The number of hydrogen-bond donors (Lipinski definition) is 2. The summed E-state index contributed by atoms with van der Waals surface area (Å²) >= 11 is 1.36. The average Bonchev–Trinajstić information content (AvgIpc) is 2.96. The molecule has 0 fully saturated rings. The minimum atomic E-state index is -3.66. The molecule has 0 saturated heterocycles. The second-order valence-electron chi connectivity index (χ2n) is 4.62. The molecule has 2 rings (SSSR count). The van der Waals surface area contributed by atoms with Crippen LogP contribution in [0.15, 0.2) is 16.6 Å². The van der Waals surface area contributed by atoms with E-state index >= 15 is 0 Å². The largest absolute Gasteiger partial charge is 0.306 e. The fraction of sp³-hybridized carbons (Fsp3) is 0.545. The van der Waals surface area contributed by atoms with Crippen LogP contribution in [0, 0.1) is 0 Å². The Hall–Kier alpha value is -1.16. The van der Waals surface area contributed by atoms with E-state index in [4.69, 9.17) is 5.84 Å². The number of nitrogen functional groups attached to an aromatic ring is 1. The van der Waals surface area contributed by atoms with Crippen molar-refractivity contribution in [2.45, 2.75) is 37.8 Å². The van der Waals surface area contributed by atoms with E-state index in [1.165, 1.54) is 15.6 Å². The molecule has 7 nitrogen and oxygen atoms in total. The summed E-state index contributed by atoms with van der Waals surface area (Å²) in [7, 11) is -2.07. The molecule has 0 amide bonds. The molecule has 0 aliphatic heterocycles. The molecule has 3 N–H and O–H groups in total. The molecule has 0 radical (unpaired) electrons. The summed E-state index contributed by atoms with van der Waals surface area (Å²) in [6.45, 7) is 3.92. The molecular weight excluding hydrogens is 298 g/mol. The van der Waals surface area contributed by atoms with E-state index in [0.717, 1.165) is 12.8 Å².